The number of ether oxygens (including phenoxy) is 2. The van der Waals surface area contributed by atoms with Gasteiger partial charge in [0.25, 0.3) is 5.91 Å². The van der Waals surface area contributed by atoms with Crippen LogP contribution in [0.15, 0.2) is 71.6 Å². The molecule has 0 atom stereocenters. The number of rotatable bonds is 6. The van der Waals surface area contributed by atoms with E-state index in [1.807, 2.05) is 48.5 Å². The quantitative estimate of drug-likeness (QED) is 0.269. The minimum absolute atomic E-state index is 0.221. The molecule has 0 aromatic heterocycles. The summed E-state index contributed by atoms with van der Waals surface area (Å²) in [5.41, 5.74) is 2.43. The van der Waals surface area contributed by atoms with Gasteiger partial charge in [-0.05, 0) is 47.5 Å². The lowest BCUT2D eigenvalue weighted by molar-refractivity contribution is -0.113. The van der Waals surface area contributed by atoms with Gasteiger partial charge in [0.1, 0.15) is 6.61 Å². The number of carbonyl (C=O) groups is 1. The van der Waals surface area contributed by atoms with Crippen LogP contribution in [0.1, 0.15) is 11.1 Å². The van der Waals surface area contributed by atoms with E-state index in [0.717, 1.165) is 11.1 Å². The third-order valence-electron chi connectivity index (χ3n) is 4.68. The maximum absolute atomic E-state index is 13.0. The molecule has 0 N–H and O–H groups in total. The number of methoxy groups -OCH3 is 1. The molecule has 1 heterocycles. The fraction of sp³-hybridized carbons (Fsp3) is 0.0833. The molecule has 1 aliphatic rings. The van der Waals surface area contributed by atoms with Gasteiger partial charge in [0.15, 0.2) is 15.8 Å². The second-order valence-corrected chi connectivity index (χ2v) is 9.29. The van der Waals surface area contributed by atoms with E-state index in [2.05, 4.69) is 0 Å². The van der Waals surface area contributed by atoms with Gasteiger partial charge >= 0.3 is 0 Å². The largest absolute Gasteiger partial charge is 0.493 e. The minimum Gasteiger partial charge on any atom is -0.493 e. The number of thioether (sulfide) groups is 1. The summed E-state index contributed by atoms with van der Waals surface area (Å²) in [6.45, 7) is 0.429. The van der Waals surface area contributed by atoms with E-state index in [9.17, 15) is 4.79 Å². The first-order chi connectivity index (χ1) is 15.5. The number of anilines is 1. The number of halogens is 2. The number of benzene rings is 3. The van der Waals surface area contributed by atoms with Gasteiger partial charge in [-0.15, -0.1) is 0 Å². The van der Waals surface area contributed by atoms with Gasteiger partial charge in [0, 0.05) is 0 Å². The summed E-state index contributed by atoms with van der Waals surface area (Å²) < 4.78 is 11.8. The second-order valence-electron chi connectivity index (χ2n) is 6.80. The van der Waals surface area contributed by atoms with Crippen molar-refractivity contribution in [3.63, 3.8) is 0 Å². The number of thiocarbonyl (C=S) groups is 1. The topological polar surface area (TPSA) is 38.8 Å². The lowest BCUT2D eigenvalue weighted by Crippen LogP contribution is -2.27. The van der Waals surface area contributed by atoms with Crippen LogP contribution in [0, 0.1) is 0 Å². The smallest absolute Gasteiger partial charge is 0.270 e. The van der Waals surface area contributed by atoms with Crippen LogP contribution in [-0.4, -0.2) is 17.3 Å². The van der Waals surface area contributed by atoms with E-state index in [1.54, 1.807) is 31.4 Å². The molecule has 1 amide bonds. The van der Waals surface area contributed by atoms with Crippen LogP contribution in [0.4, 0.5) is 5.69 Å². The predicted molar refractivity (Wildman–Crippen MR) is 136 cm³/mol. The summed E-state index contributed by atoms with van der Waals surface area (Å²) in [5, 5.41) is 0.774. The Labute approximate surface area is 205 Å². The van der Waals surface area contributed by atoms with Crippen molar-refractivity contribution in [1.82, 2.24) is 0 Å². The highest BCUT2D eigenvalue weighted by molar-refractivity contribution is 8.27. The molecular formula is C24H17Cl2NO3S2. The monoisotopic (exact) mass is 501 g/mol. The molecule has 1 fully saturated rings. The zero-order valence-corrected chi connectivity index (χ0v) is 20.0. The molecule has 3 aromatic rings. The van der Waals surface area contributed by atoms with Crippen molar-refractivity contribution in [3.8, 4) is 11.5 Å². The van der Waals surface area contributed by atoms with Crippen LogP contribution < -0.4 is 14.4 Å². The first kappa shape index (κ1) is 22.7. The van der Waals surface area contributed by atoms with Crippen LogP contribution in [0.25, 0.3) is 6.08 Å². The van der Waals surface area contributed by atoms with E-state index in [4.69, 9.17) is 44.9 Å². The zero-order valence-electron chi connectivity index (χ0n) is 16.9. The molecule has 0 radical (unpaired) electrons. The van der Waals surface area contributed by atoms with Crippen LogP contribution in [-0.2, 0) is 11.4 Å². The van der Waals surface area contributed by atoms with Crippen LogP contribution in [0.3, 0.4) is 0 Å². The third-order valence-corrected chi connectivity index (χ3v) is 6.72. The molecule has 8 heteroatoms. The molecule has 0 bridgehead atoms. The van der Waals surface area contributed by atoms with Crippen molar-refractivity contribution < 1.29 is 14.3 Å². The number of hydrogen-bond donors (Lipinski definition) is 0. The van der Waals surface area contributed by atoms with Gasteiger partial charge in [-0.1, -0.05) is 83.6 Å². The van der Waals surface area contributed by atoms with E-state index in [1.165, 1.54) is 16.7 Å². The van der Waals surface area contributed by atoms with Gasteiger partial charge in [-0.3, -0.25) is 9.69 Å². The Morgan fingerprint density at radius 3 is 2.50 bits per heavy atom. The Morgan fingerprint density at radius 2 is 1.78 bits per heavy atom. The fourth-order valence-electron chi connectivity index (χ4n) is 3.09. The molecule has 0 spiro atoms. The highest BCUT2D eigenvalue weighted by Crippen LogP contribution is 2.38. The fourth-order valence-corrected chi connectivity index (χ4v) is 4.69. The van der Waals surface area contributed by atoms with Crippen molar-refractivity contribution in [1.29, 1.82) is 0 Å². The van der Waals surface area contributed by atoms with Crippen molar-refractivity contribution >= 4 is 69.2 Å². The van der Waals surface area contributed by atoms with Crippen molar-refractivity contribution in [2.24, 2.45) is 0 Å². The summed E-state index contributed by atoms with van der Waals surface area (Å²) in [6.07, 6.45) is 1.78. The van der Waals surface area contributed by atoms with Gasteiger partial charge in [-0.2, -0.15) is 0 Å². The molecule has 32 heavy (non-hydrogen) atoms. The normalized spacial score (nSPS) is 14.8. The highest BCUT2D eigenvalue weighted by atomic mass is 35.5. The lowest BCUT2D eigenvalue weighted by Gasteiger charge is -2.15. The van der Waals surface area contributed by atoms with Crippen LogP contribution >= 0.6 is 47.2 Å². The van der Waals surface area contributed by atoms with Crippen molar-refractivity contribution in [3.05, 3.63) is 92.8 Å². The summed E-state index contributed by atoms with van der Waals surface area (Å²) in [6, 6.07) is 20.4. The summed E-state index contributed by atoms with van der Waals surface area (Å²) in [7, 11) is 1.58. The molecule has 0 unspecified atom stereocenters. The Hall–Kier alpha value is -2.51. The molecule has 0 aliphatic carbocycles. The average molecular weight is 502 g/mol. The molecule has 1 aliphatic heterocycles. The number of carbonyl (C=O) groups excluding carboxylic acids is 1. The maximum Gasteiger partial charge on any atom is 0.270 e. The average Bonchev–Trinajstić information content (AvgIpc) is 3.08. The third kappa shape index (κ3) is 4.94. The molecule has 162 valence electrons. The summed E-state index contributed by atoms with van der Waals surface area (Å²) >= 11 is 18.7. The molecule has 1 saturated heterocycles. The Balaban J connectivity index is 1.54. The first-order valence-electron chi connectivity index (χ1n) is 9.54. The van der Waals surface area contributed by atoms with Crippen LogP contribution in [0.2, 0.25) is 10.0 Å². The van der Waals surface area contributed by atoms with Gasteiger partial charge in [0.05, 0.1) is 27.7 Å². The second kappa shape index (κ2) is 9.96. The standard InChI is InChI=1S/C24H17Cl2NO3S2/c1-29-21-11-16(7-10-20(21)30-14-15-5-3-2-4-6-15)12-22-23(28)27(24(31)32-22)17-8-9-18(25)19(26)13-17/h2-13H,14H2,1H3/b22-12-. The SMILES string of the molecule is COc1cc(/C=C2\SC(=S)N(c3ccc(Cl)c(Cl)c3)C2=O)ccc1OCc1ccccc1. The van der Waals surface area contributed by atoms with Crippen LogP contribution in [0.5, 0.6) is 11.5 Å². The van der Waals surface area contributed by atoms with Crippen molar-refractivity contribution in [2.75, 3.05) is 12.0 Å². The van der Waals surface area contributed by atoms with E-state index < -0.39 is 0 Å². The Morgan fingerprint density at radius 1 is 1.00 bits per heavy atom. The zero-order chi connectivity index (χ0) is 22.7. The predicted octanol–water partition coefficient (Wildman–Crippen LogP) is 6.99. The number of amides is 1. The van der Waals surface area contributed by atoms with Gasteiger partial charge in [0.2, 0.25) is 0 Å². The lowest BCUT2D eigenvalue weighted by atomic mass is 10.1. The minimum atomic E-state index is -0.221. The number of nitrogens with zero attached hydrogens (tertiary/aromatic N) is 1. The van der Waals surface area contributed by atoms with Gasteiger partial charge < -0.3 is 9.47 Å². The Kier molecular flexibility index (Phi) is 7.06. The molecule has 0 saturated carbocycles. The number of hydrogen-bond acceptors (Lipinski definition) is 5. The molecular weight excluding hydrogens is 485 g/mol. The van der Waals surface area contributed by atoms with E-state index in [0.29, 0.717) is 43.1 Å². The Bertz CT molecular complexity index is 1220. The molecule has 4 nitrogen and oxygen atoms in total. The van der Waals surface area contributed by atoms with Gasteiger partial charge in [-0.25, -0.2) is 0 Å². The molecule has 3 aromatic carbocycles. The van der Waals surface area contributed by atoms with E-state index in [-0.39, 0.29) is 5.91 Å². The van der Waals surface area contributed by atoms with Crippen molar-refractivity contribution in [2.45, 2.75) is 6.61 Å². The molecule has 4 rings (SSSR count). The van der Waals surface area contributed by atoms with E-state index >= 15 is 0 Å². The highest BCUT2D eigenvalue weighted by Gasteiger charge is 2.33. The summed E-state index contributed by atoms with van der Waals surface area (Å²) in [5.74, 6) is 0.980. The summed E-state index contributed by atoms with van der Waals surface area (Å²) in [4.78, 5) is 15.0. The maximum atomic E-state index is 13.0. The first-order valence-corrected chi connectivity index (χ1v) is 11.5.